The van der Waals surface area contributed by atoms with Crippen molar-refractivity contribution in [2.45, 2.75) is 34.1 Å². The number of rotatable bonds is 5. The Morgan fingerprint density at radius 2 is 1.79 bits per heavy atom. The van der Waals surface area contributed by atoms with Gasteiger partial charge in [-0.2, -0.15) is 0 Å². The van der Waals surface area contributed by atoms with Gasteiger partial charge in [-0.3, -0.25) is 0 Å². The largest absolute Gasteiger partial charge is 0.330 e. The maximum Gasteiger partial charge on any atom is 0.150 e. The highest BCUT2D eigenvalue weighted by Gasteiger charge is 2.19. The summed E-state index contributed by atoms with van der Waals surface area (Å²) in [5, 5.41) is 0. The van der Waals surface area contributed by atoms with E-state index < -0.39 is 9.84 Å². The van der Waals surface area contributed by atoms with Crippen LogP contribution in [0.25, 0.3) is 0 Å². The summed E-state index contributed by atoms with van der Waals surface area (Å²) < 4.78 is 23.2. The molecule has 0 amide bonds. The first kappa shape index (κ1) is 13.9. The van der Waals surface area contributed by atoms with Gasteiger partial charge in [0, 0.05) is 0 Å². The number of hydrogen-bond donors (Lipinski definition) is 1. The quantitative estimate of drug-likeness (QED) is 0.764. The van der Waals surface area contributed by atoms with Crippen molar-refractivity contribution in [2.75, 3.05) is 18.1 Å². The van der Waals surface area contributed by atoms with Crippen LogP contribution in [0, 0.1) is 11.3 Å². The molecule has 2 N–H and O–H groups in total. The van der Waals surface area contributed by atoms with Gasteiger partial charge in [-0.15, -0.1) is 0 Å². The molecule has 0 aliphatic heterocycles. The van der Waals surface area contributed by atoms with E-state index in [2.05, 4.69) is 20.8 Å². The lowest BCUT2D eigenvalue weighted by Gasteiger charge is -2.18. The SMILES string of the molecule is CC(CN)CS(=O)(=O)CCC(C)(C)C. The molecule has 0 aromatic rings. The van der Waals surface area contributed by atoms with E-state index in [0.29, 0.717) is 13.0 Å². The summed E-state index contributed by atoms with van der Waals surface area (Å²) >= 11 is 0. The van der Waals surface area contributed by atoms with E-state index in [1.165, 1.54) is 0 Å². The molecule has 86 valence electrons. The highest BCUT2D eigenvalue weighted by atomic mass is 32.2. The molecule has 0 fully saturated rings. The Morgan fingerprint density at radius 1 is 1.29 bits per heavy atom. The first-order valence-electron chi connectivity index (χ1n) is 5.07. The Labute approximate surface area is 88.0 Å². The summed E-state index contributed by atoms with van der Waals surface area (Å²) in [7, 11) is -2.91. The zero-order valence-corrected chi connectivity index (χ0v) is 10.5. The van der Waals surface area contributed by atoms with Crippen LogP contribution in [0.15, 0.2) is 0 Å². The van der Waals surface area contributed by atoms with Crippen molar-refractivity contribution in [1.82, 2.24) is 0 Å². The molecule has 0 aliphatic carbocycles. The molecule has 3 nitrogen and oxygen atoms in total. The molecule has 1 unspecified atom stereocenters. The van der Waals surface area contributed by atoms with Crippen molar-refractivity contribution in [3.8, 4) is 0 Å². The molecular formula is C10H23NO2S. The van der Waals surface area contributed by atoms with Crippen molar-refractivity contribution in [1.29, 1.82) is 0 Å². The lowest BCUT2D eigenvalue weighted by Crippen LogP contribution is -2.24. The molecule has 0 aromatic heterocycles. The van der Waals surface area contributed by atoms with Gasteiger partial charge in [0.05, 0.1) is 11.5 Å². The molecule has 14 heavy (non-hydrogen) atoms. The highest BCUT2D eigenvalue weighted by molar-refractivity contribution is 7.91. The average molecular weight is 221 g/mol. The Morgan fingerprint density at radius 3 is 2.14 bits per heavy atom. The zero-order chi connectivity index (χ0) is 11.4. The molecule has 0 bridgehead atoms. The molecule has 1 atom stereocenters. The number of nitrogens with two attached hydrogens (primary N) is 1. The van der Waals surface area contributed by atoms with Gasteiger partial charge in [0.1, 0.15) is 0 Å². The monoisotopic (exact) mass is 221 g/mol. The predicted molar refractivity (Wildman–Crippen MR) is 60.9 cm³/mol. The Bertz CT molecular complexity index is 252. The third-order valence-corrected chi connectivity index (χ3v) is 4.01. The molecule has 4 heteroatoms. The standard InChI is InChI=1S/C10H23NO2S/c1-9(7-11)8-14(12,13)6-5-10(2,3)4/h9H,5-8,11H2,1-4H3. The molecule has 0 spiro atoms. The summed E-state index contributed by atoms with van der Waals surface area (Å²) in [5.74, 6) is 0.570. The van der Waals surface area contributed by atoms with E-state index in [1.807, 2.05) is 6.92 Å². The molecule has 0 saturated heterocycles. The van der Waals surface area contributed by atoms with Crippen molar-refractivity contribution >= 4 is 9.84 Å². The second-order valence-corrected chi connectivity index (χ2v) is 7.49. The fourth-order valence-corrected chi connectivity index (χ4v) is 3.14. The van der Waals surface area contributed by atoms with Crippen molar-refractivity contribution in [2.24, 2.45) is 17.1 Å². The molecule has 0 rings (SSSR count). The van der Waals surface area contributed by atoms with E-state index in [-0.39, 0.29) is 22.8 Å². The smallest absolute Gasteiger partial charge is 0.150 e. The maximum atomic E-state index is 11.6. The van der Waals surface area contributed by atoms with Gasteiger partial charge < -0.3 is 5.73 Å². The number of hydrogen-bond acceptors (Lipinski definition) is 3. The van der Waals surface area contributed by atoms with E-state index in [4.69, 9.17) is 5.73 Å². The van der Waals surface area contributed by atoms with Crippen LogP contribution in [0.1, 0.15) is 34.1 Å². The zero-order valence-electron chi connectivity index (χ0n) is 9.71. The maximum absolute atomic E-state index is 11.6. The van der Waals surface area contributed by atoms with Crippen LogP contribution in [0.2, 0.25) is 0 Å². The second kappa shape index (κ2) is 5.12. The van der Waals surface area contributed by atoms with Gasteiger partial charge in [0.15, 0.2) is 9.84 Å². The molecule has 0 aliphatic rings. The van der Waals surface area contributed by atoms with Crippen LogP contribution < -0.4 is 5.73 Å². The minimum Gasteiger partial charge on any atom is -0.330 e. The minimum absolute atomic E-state index is 0.0694. The van der Waals surface area contributed by atoms with Gasteiger partial charge in [-0.1, -0.05) is 27.7 Å². The van der Waals surface area contributed by atoms with Gasteiger partial charge >= 0.3 is 0 Å². The molecule has 0 saturated carbocycles. The third kappa shape index (κ3) is 7.33. The summed E-state index contributed by atoms with van der Waals surface area (Å²) in [6.45, 7) is 8.46. The molecule has 0 aromatic carbocycles. The highest BCUT2D eigenvalue weighted by Crippen LogP contribution is 2.19. The van der Waals surface area contributed by atoms with Crippen LogP contribution in [0.5, 0.6) is 0 Å². The van der Waals surface area contributed by atoms with Crippen LogP contribution in [0.3, 0.4) is 0 Å². The number of sulfone groups is 1. The summed E-state index contributed by atoms with van der Waals surface area (Å²) in [4.78, 5) is 0. The van der Waals surface area contributed by atoms with Gasteiger partial charge in [0.2, 0.25) is 0 Å². The first-order valence-corrected chi connectivity index (χ1v) is 6.89. The summed E-state index contributed by atoms with van der Waals surface area (Å²) in [6.07, 6.45) is 0.715. The fourth-order valence-electron chi connectivity index (χ4n) is 1.05. The fraction of sp³-hybridized carbons (Fsp3) is 1.00. The van der Waals surface area contributed by atoms with E-state index in [1.54, 1.807) is 0 Å². The van der Waals surface area contributed by atoms with E-state index >= 15 is 0 Å². The van der Waals surface area contributed by atoms with Crippen molar-refractivity contribution < 1.29 is 8.42 Å². The minimum atomic E-state index is -2.91. The molecule has 0 radical (unpaired) electrons. The third-order valence-electron chi connectivity index (χ3n) is 2.10. The lowest BCUT2D eigenvalue weighted by molar-refractivity contribution is 0.396. The first-order chi connectivity index (χ1) is 6.16. The van der Waals surface area contributed by atoms with E-state index in [0.717, 1.165) is 0 Å². The van der Waals surface area contributed by atoms with Gasteiger partial charge in [-0.25, -0.2) is 8.42 Å². The Kier molecular flexibility index (Phi) is 5.09. The Hall–Kier alpha value is -0.0900. The van der Waals surface area contributed by atoms with Crippen LogP contribution >= 0.6 is 0 Å². The van der Waals surface area contributed by atoms with Crippen molar-refractivity contribution in [3.63, 3.8) is 0 Å². The average Bonchev–Trinajstić information content (AvgIpc) is 1.99. The molecule has 0 heterocycles. The predicted octanol–water partition coefficient (Wildman–Crippen LogP) is 1.43. The lowest BCUT2D eigenvalue weighted by atomic mass is 9.94. The second-order valence-electron chi connectivity index (χ2n) is 5.27. The van der Waals surface area contributed by atoms with Crippen LogP contribution in [-0.4, -0.2) is 26.5 Å². The Balaban J connectivity index is 4.10. The van der Waals surface area contributed by atoms with Gasteiger partial charge in [0.25, 0.3) is 0 Å². The van der Waals surface area contributed by atoms with Crippen LogP contribution in [0.4, 0.5) is 0 Å². The summed E-state index contributed by atoms with van der Waals surface area (Å²) in [6, 6.07) is 0. The van der Waals surface area contributed by atoms with E-state index in [9.17, 15) is 8.42 Å². The van der Waals surface area contributed by atoms with Crippen molar-refractivity contribution in [3.05, 3.63) is 0 Å². The van der Waals surface area contributed by atoms with Gasteiger partial charge in [-0.05, 0) is 24.3 Å². The molecular weight excluding hydrogens is 198 g/mol. The normalized spacial score (nSPS) is 15.5. The topological polar surface area (TPSA) is 60.2 Å². The van der Waals surface area contributed by atoms with Crippen LogP contribution in [-0.2, 0) is 9.84 Å². The summed E-state index contributed by atoms with van der Waals surface area (Å²) in [5.41, 5.74) is 5.48.